The summed E-state index contributed by atoms with van der Waals surface area (Å²) in [5.41, 5.74) is 2.82. The quantitative estimate of drug-likeness (QED) is 0.715. The fourth-order valence-electron chi connectivity index (χ4n) is 0.998. The molecule has 0 aromatic heterocycles. The highest BCUT2D eigenvalue weighted by molar-refractivity contribution is 5.87. The van der Waals surface area contributed by atoms with Gasteiger partial charge in [-0.1, -0.05) is 6.07 Å². The molecular weight excluding hydrogens is 189 g/mol. The van der Waals surface area contributed by atoms with Gasteiger partial charge in [0.05, 0.1) is 12.7 Å². The molecule has 4 nitrogen and oxygen atoms in total. The second kappa shape index (κ2) is 4.69. The summed E-state index contributed by atoms with van der Waals surface area (Å²) in [6, 6.07) is 3.92. The van der Waals surface area contributed by atoms with Gasteiger partial charge in [-0.05, 0) is 17.7 Å². The van der Waals surface area contributed by atoms with Crippen molar-refractivity contribution >= 4 is 5.97 Å². The Morgan fingerprint density at radius 2 is 2.36 bits per heavy atom. The third-order valence-corrected chi connectivity index (χ3v) is 1.68. The summed E-state index contributed by atoms with van der Waals surface area (Å²) in [5.74, 6) is -2.01. The molecule has 0 radical (unpaired) electrons. The number of nitrogens with one attached hydrogen (secondary N) is 1. The Kier molecular flexibility index (Phi) is 3.55. The molecule has 0 heterocycles. The number of carboxylic acids is 1. The minimum Gasteiger partial charge on any atom is -0.478 e. The van der Waals surface area contributed by atoms with Crippen molar-refractivity contribution in [3.63, 3.8) is 0 Å². The molecule has 0 bridgehead atoms. The Balaban J connectivity index is 2.83. The minimum absolute atomic E-state index is 0.327. The normalized spacial score (nSPS) is 10.1. The van der Waals surface area contributed by atoms with Crippen molar-refractivity contribution in [3.8, 4) is 0 Å². The van der Waals surface area contributed by atoms with Crippen LogP contribution in [0.4, 0.5) is 4.39 Å². The molecule has 0 saturated heterocycles. The van der Waals surface area contributed by atoms with Gasteiger partial charge in [-0.2, -0.15) is 5.48 Å². The molecule has 2 N–H and O–H groups in total. The van der Waals surface area contributed by atoms with Gasteiger partial charge in [-0.25, -0.2) is 9.18 Å². The number of rotatable bonds is 4. The third kappa shape index (κ3) is 2.51. The summed E-state index contributed by atoms with van der Waals surface area (Å²) in [7, 11) is 1.45. The highest BCUT2D eigenvalue weighted by Gasteiger charge is 2.09. The van der Waals surface area contributed by atoms with Gasteiger partial charge >= 0.3 is 5.97 Å². The first-order valence-corrected chi connectivity index (χ1v) is 3.92. The smallest absolute Gasteiger partial charge is 0.338 e. The molecular formula is C9H10FNO3. The lowest BCUT2D eigenvalue weighted by atomic mass is 10.1. The summed E-state index contributed by atoms with van der Waals surface area (Å²) < 4.78 is 13.1. The van der Waals surface area contributed by atoms with Gasteiger partial charge in [0.1, 0.15) is 5.82 Å². The number of hydroxylamine groups is 1. The molecule has 0 saturated carbocycles. The Bertz CT molecular complexity index is 341. The lowest BCUT2D eigenvalue weighted by Gasteiger charge is -2.03. The molecule has 0 atom stereocenters. The third-order valence-electron chi connectivity index (χ3n) is 1.68. The van der Waals surface area contributed by atoms with Crippen LogP contribution in [0.1, 0.15) is 15.9 Å². The Morgan fingerprint density at radius 3 is 2.86 bits per heavy atom. The van der Waals surface area contributed by atoms with Gasteiger partial charge in [-0.15, -0.1) is 0 Å². The van der Waals surface area contributed by atoms with Crippen molar-refractivity contribution in [2.24, 2.45) is 0 Å². The van der Waals surface area contributed by atoms with Crippen molar-refractivity contribution in [3.05, 3.63) is 35.1 Å². The average molecular weight is 199 g/mol. The zero-order valence-electron chi connectivity index (χ0n) is 7.58. The predicted octanol–water partition coefficient (Wildman–Crippen LogP) is 1.17. The van der Waals surface area contributed by atoms with Gasteiger partial charge in [-0.3, -0.25) is 0 Å². The maximum absolute atomic E-state index is 13.1. The molecule has 0 spiro atoms. The minimum atomic E-state index is -1.27. The SMILES string of the molecule is CONCc1ccc(C(=O)O)c(F)c1. The van der Waals surface area contributed by atoms with E-state index < -0.39 is 11.8 Å². The number of aromatic carboxylic acids is 1. The van der Waals surface area contributed by atoms with Gasteiger partial charge in [0.2, 0.25) is 0 Å². The van der Waals surface area contributed by atoms with Crippen LogP contribution in [0.5, 0.6) is 0 Å². The number of hydrogen-bond donors (Lipinski definition) is 2. The van der Waals surface area contributed by atoms with Crippen LogP contribution < -0.4 is 5.48 Å². The first-order valence-electron chi connectivity index (χ1n) is 3.92. The van der Waals surface area contributed by atoms with Crippen molar-refractivity contribution in [1.29, 1.82) is 0 Å². The van der Waals surface area contributed by atoms with Crippen LogP contribution in [-0.4, -0.2) is 18.2 Å². The summed E-state index contributed by atoms with van der Waals surface area (Å²) in [4.78, 5) is 15.0. The maximum atomic E-state index is 13.1. The average Bonchev–Trinajstić information content (AvgIpc) is 2.14. The van der Waals surface area contributed by atoms with Gasteiger partial charge < -0.3 is 9.94 Å². The molecule has 0 amide bonds. The second-order valence-electron chi connectivity index (χ2n) is 2.64. The van der Waals surface area contributed by atoms with Crippen molar-refractivity contribution in [2.45, 2.75) is 6.54 Å². The van der Waals surface area contributed by atoms with Crippen LogP contribution in [0.25, 0.3) is 0 Å². The summed E-state index contributed by atoms with van der Waals surface area (Å²) >= 11 is 0. The molecule has 5 heteroatoms. The van der Waals surface area contributed by atoms with Gasteiger partial charge in [0, 0.05) is 6.54 Å². The standard InChI is InChI=1S/C9H10FNO3/c1-14-11-5-6-2-3-7(9(12)13)8(10)4-6/h2-4,11H,5H2,1H3,(H,12,13). The van der Waals surface area contributed by atoms with E-state index in [0.29, 0.717) is 12.1 Å². The van der Waals surface area contributed by atoms with E-state index in [0.717, 1.165) is 6.07 Å². The molecule has 0 aliphatic rings. The van der Waals surface area contributed by atoms with Crippen LogP contribution in [0.15, 0.2) is 18.2 Å². The highest BCUT2D eigenvalue weighted by Crippen LogP contribution is 2.10. The fraction of sp³-hybridized carbons (Fsp3) is 0.222. The summed E-state index contributed by atoms with van der Waals surface area (Å²) in [6.45, 7) is 0.327. The fourth-order valence-corrected chi connectivity index (χ4v) is 0.998. The van der Waals surface area contributed by atoms with Crippen LogP contribution in [0.2, 0.25) is 0 Å². The lowest BCUT2D eigenvalue weighted by Crippen LogP contribution is -2.11. The largest absolute Gasteiger partial charge is 0.478 e. The Hall–Kier alpha value is -1.46. The van der Waals surface area contributed by atoms with Crippen LogP contribution in [0.3, 0.4) is 0 Å². The zero-order chi connectivity index (χ0) is 10.6. The second-order valence-corrected chi connectivity index (χ2v) is 2.64. The molecule has 76 valence electrons. The summed E-state index contributed by atoms with van der Waals surface area (Å²) in [5, 5.41) is 8.55. The van der Waals surface area contributed by atoms with Crippen molar-refractivity contribution < 1.29 is 19.1 Å². The highest BCUT2D eigenvalue weighted by atomic mass is 19.1. The van der Waals surface area contributed by atoms with E-state index in [4.69, 9.17) is 5.11 Å². The van der Waals surface area contributed by atoms with E-state index in [9.17, 15) is 9.18 Å². The van der Waals surface area contributed by atoms with E-state index in [1.54, 1.807) is 0 Å². The number of hydrogen-bond acceptors (Lipinski definition) is 3. The number of carboxylic acid groups (broad SMARTS) is 1. The molecule has 0 aliphatic heterocycles. The molecule has 1 aromatic carbocycles. The molecule has 0 aliphatic carbocycles. The monoisotopic (exact) mass is 199 g/mol. The first-order chi connectivity index (χ1) is 6.65. The van der Waals surface area contributed by atoms with Crippen molar-refractivity contribution in [2.75, 3.05) is 7.11 Å². The molecule has 14 heavy (non-hydrogen) atoms. The van der Waals surface area contributed by atoms with E-state index in [2.05, 4.69) is 10.3 Å². The molecule has 1 rings (SSSR count). The molecule has 0 unspecified atom stereocenters. The molecule has 0 fully saturated rings. The van der Waals surface area contributed by atoms with Crippen LogP contribution in [-0.2, 0) is 11.4 Å². The predicted molar refractivity (Wildman–Crippen MR) is 47.2 cm³/mol. The summed E-state index contributed by atoms with van der Waals surface area (Å²) in [6.07, 6.45) is 0. The van der Waals surface area contributed by atoms with Crippen LogP contribution in [0, 0.1) is 5.82 Å². The van der Waals surface area contributed by atoms with Crippen molar-refractivity contribution in [1.82, 2.24) is 5.48 Å². The lowest BCUT2D eigenvalue weighted by molar-refractivity contribution is 0.0691. The first kappa shape index (κ1) is 10.6. The Morgan fingerprint density at radius 1 is 1.64 bits per heavy atom. The van der Waals surface area contributed by atoms with Gasteiger partial charge in [0.15, 0.2) is 0 Å². The van der Waals surface area contributed by atoms with Gasteiger partial charge in [0.25, 0.3) is 0 Å². The van der Waals surface area contributed by atoms with E-state index in [1.165, 1.54) is 19.2 Å². The molecule has 1 aromatic rings. The maximum Gasteiger partial charge on any atom is 0.338 e. The number of carbonyl (C=O) groups is 1. The topological polar surface area (TPSA) is 58.6 Å². The zero-order valence-corrected chi connectivity index (χ0v) is 7.58. The van der Waals surface area contributed by atoms with Crippen LogP contribution >= 0.6 is 0 Å². The number of halogens is 1. The van der Waals surface area contributed by atoms with E-state index >= 15 is 0 Å². The number of benzene rings is 1. The Labute approximate surface area is 80.3 Å². The van der Waals surface area contributed by atoms with E-state index in [-0.39, 0.29) is 5.56 Å². The van der Waals surface area contributed by atoms with E-state index in [1.807, 2.05) is 0 Å².